The summed E-state index contributed by atoms with van der Waals surface area (Å²) in [6.07, 6.45) is 5.65. The highest BCUT2D eigenvalue weighted by molar-refractivity contribution is 6.35. The van der Waals surface area contributed by atoms with Crippen LogP contribution in [0.4, 0.5) is 0 Å². The standard InChI is InChI=1S/C21H19Cl2N3O/c22-16-10-15(11-17(23)12-16)19-18(5-2-7-25-19)21(27)20(26-8-3-9-26)14-4-1-6-24-13-14/h1-2,4-7,10-13,20-21,27H,3,8-9H2/t20-,21+/m0/s1. The van der Waals surface area contributed by atoms with Crippen LogP contribution in [-0.4, -0.2) is 33.1 Å². The molecule has 0 radical (unpaired) electrons. The molecule has 138 valence electrons. The van der Waals surface area contributed by atoms with Crippen LogP contribution in [0.1, 0.15) is 29.7 Å². The van der Waals surface area contributed by atoms with Gasteiger partial charge in [0.05, 0.1) is 11.7 Å². The lowest BCUT2D eigenvalue weighted by Crippen LogP contribution is -2.42. The first-order valence-corrected chi connectivity index (χ1v) is 9.62. The van der Waals surface area contributed by atoms with Crippen molar-refractivity contribution in [3.63, 3.8) is 0 Å². The van der Waals surface area contributed by atoms with Crippen molar-refractivity contribution < 1.29 is 5.11 Å². The van der Waals surface area contributed by atoms with Gasteiger partial charge in [-0.2, -0.15) is 0 Å². The number of likely N-dealkylation sites (tertiary alicyclic amines) is 1. The quantitative estimate of drug-likeness (QED) is 0.660. The van der Waals surface area contributed by atoms with E-state index in [-0.39, 0.29) is 6.04 Å². The third-order valence-electron chi connectivity index (χ3n) is 4.90. The Kier molecular flexibility index (Phi) is 5.41. The van der Waals surface area contributed by atoms with Gasteiger partial charge in [-0.25, -0.2) is 0 Å². The fraction of sp³-hybridized carbons (Fsp3) is 0.238. The topological polar surface area (TPSA) is 49.3 Å². The van der Waals surface area contributed by atoms with Gasteiger partial charge in [-0.3, -0.25) is 14.9 Å². The van der Waals surface area contributed by atoms with E-state index in [9.17, 15) is 5.11 Å². The van der Waals surface area contributed by atoms with E-state index < -0.39 is 6.10 Å². The molecule has 6 heteroatoms. The molecule has 4 nitrogen and oxygen atoms in total. The van der Waals surface area contributed by atoms with Gasteiger partial charge in [-0.1, -0.05) is 35.3 Å². The molecule has 3 heterocycles. The highest BCUT2D eigenvalue weighted by Crippen LogP contribution is 2.40. The third-order valence-corrected chi connectivity index (χ3v) is 5.34. The molecule has 0 amide bonds. The minimum atomic E-state index is -0.754. The van der Waals surface area contributed by atoms with Crippen LogP contribution in [0.5, 0.6) is 0 Å². The summed E-state index contributed by atoms with van der Waals surface area (Å²) in [6.45, 7) is 1.91. The largest absolute Gasteiger partial charge is 0.386 e. The van der Waals surface area contributed by atoms with Gasteiger partial charge in [0.1, 0.15) is 6.10 Å². The van der Waals surface area contributed by atoms with Crippen LogP contribution in [0.15, 0.2) is 61.1 Å². The number of pyridine rings is 2. The van der Waals surface area contributed by atoms with E-state index in [1.165, 1.54) is 0 Å². The molecule has 1 N–H and O–H groups in total. The predicted molar refractivity (Wildman–Crippen MR) is 108 cm³/mol. The van der Waals surface area contributed by atoms with Gasteiger partial charge in [0.15, 0.2) is 0 Å². The van der Waals surface area contributed by atoms with Crippen LogP contribution >= 0.6 is 23.2 Å². The van der Waals surface area contributed by atoms with E-state index in [0.717, 1.165) is 36.2 Å². The zero-order valence-corrected chi connectivity index (χ0v) is 16.1. The Bertz CT molecular complexity index is 911. The fourth-order valence-corrected chi connectivity index (χ4v) is 4.05. The van der Waals surface area contributed by atoms with Crippen LogP contribution in [0.25, 0.3) is 11.3 Å². The fourth-order valence-electron chi connectivity index (χ4n) is 3.52. The van der Waals surface area contributed by atoms with Crippen LogP contribution in [0, 0.1) is 0 Å². The van der Waals surface area contributed by atoms with Crippen molar-refractivity contribution in [1.29, 1.82) is 0 Å². The SMILES string of the molecule is O[C@H](c1cccnc1-c1cc(Cl)cc(Cl)c1)[C@H](c1cccnc1)N1CCC1. The molecular weight excluding hydrogens is 381 g/mol. The molecule has 0 aliphatic carbocycles. The van der Waals surface area contributed by atoms with Gasteiger partial charge < -0.3 is 5.11 Å². The molecule has 3 aromatic rings. The summed E-state index contributed by atoms with van der Waals surface area (Å²) in [5.74, 6) is 0. The van der Waals surface area contributed by atoms with Gasteiger partial charge in [-0.05, 0) is 42.3 Å². The first kappa shape index (κ1) is 18.4. The Morgan fingerprint density at radius 3 is 2.37 bits per heavy atom. The van der Waals surface area contributed by atoms with Gasteiger partial charge in [0, 0.05) is 52.9 Å². The summed E-state index contributed by atoms with van der Waals surface area (Å²) in [6, 6.07) is 12.8. The molecule has 1 aromatic carbocycles. The number of aliphatic hydroxyl groups is 1. The Morgan fingerprint density at radius 2 is 1.74 bits per heavy atom. The second-order valence-electron chi connectivity index (χ2n) is 6.66. The summed E-state index contributed by atoms with van der Waals surface area (Å²) in [5, 5.41) is 12.4. The normalized spacial score (nSPS) is 16.6. The highest BCUT2D eigenvalue weighted by Gasteiger charge is 2.33. The van der Waals surface area contributed by atoms with Crippen LogP contribution in [0.2, 0.25) is 10.0 Å². The molecule has 4 rings (SSSR count). The minimum Gasteiger partial charge on any atom is -0.386 e. The van der Waals surface area contributed by atoms with Crippen molar-refractivity contribution >= 4 is 23.2 Å². The number of halogens is 2. The number of rotatable bonds is 5. The number of hydrogen-bond donors (Lipinski definition) is 1. The van der Waals surface area contributed by atoms with Gasteiger partial charge in [0.2, 0.25) is 0 Å². The molecule has 0 bridgehead atoms. The summed E-state index contributed by atoms with van der Waals surface area (Å²) in [4.78, 5) is 11.0. The van der Waals surface area contributed by atoms with E-state index in [1.807, 2.05) is 42.6 Å². The maximum Gasteiger partial charge on any atom is 0.101 e. The highest BCUT2D eigenvalue weighted by atomic mass is 35.5. The monoisotopic (exact) mass is 399 g/mol. The van der Waals surface area contributed by atoms with E-state index in [4.69, 9.17) is 23.2 Å². The molecule has 27 heavy (non-hydrogen) atoms. The summed E-state index contributed by atoms with van der Waals surface area (Å²) >= 11 is 12.4. The molecule has 1 saturated heterocycles. The molecule has 2 atom stereocenters. The second-order valence-corrected chi connectivity index (χ2v) is 7.54. The smallest absolute Gasteiger partial charge is 0.101 e. The predicted octanol–water partition coefficient (Wildman–Crippen LogP) is 4.93. The maximum absolute atomic E-state index is 11.4. The lowest BCUT2D eigenvalue weighted by Gasteiger charge is -2.41. The zero-order chi connectivity index (χ0) is 18.8. The molecule has 1 fully saturated rings. The van der Waals surface area contributed by atoms with Crippen molar-refractivity contribution in [2.24, 2.45) is 0 Å². The molecule has 1 aliphatic rings. The molecule has 0 unspecified atom stereocenters. The van der Waals surface area contributed by atoms with Crippen molar-refractivity contribution in [3.05, 3.63) is 82.2 Å². The lowest BCUT2D eigenvalue weighted by atomic mass is 9.91. The summed E-state index contributed by atoms with van der Waals surface area (Å²) in [7, 11) is 0. The first-order chi connectivity index (χ1) is 13.1. The van der Waals surface area contributed by atoms with E-state index >= 15 is 0 Å². The van der Waals surface area contributed by atoms with Crippen molar-refractivity contribution in [3.8, 4) is 11.3 Å². The number of aliphatic hydroxyl groups excluding tert-OH is 1. The Balaban J connectivity index is 1.78. The maximum atomic E-state index is 11.4. The Labute approximate surface area is 168 Å². The van der Waals surface area contributed by atoms with Crippen LogP contribution in [-0.2, 0) is 0 Å². The average molecular weight is 400 g/mol. The number of nitrogens with zero attached hydrogens (tertiary/aromatic N) is 3. The molecule has 0 saturated carbocycles. The molecule has 1 aliphatic heterocycles. The van der Waals surface area contributed by atoms with E-state index in [2.05, 4.69) is 14.9 Å². The summed E-state index contributed by atoms with van der Waals surface area (Å²) in [5.41, 5.74) is 3.21. The minimum absolute atomic E-state index is 0.176. The second kappa shape index (κ2) is 7.95. The van der Waals surface area contributed by atoms with Crippen molar-refractivity contribution in [2.75, 3.05) is 13.1 Å². The van der Waals surface area contributed by atoms with Gasteiger partial charge in [0.25, 0.3) is 0 Å². The molecule has 2 aromatic heterocycles. The molecular formula is C21H19Cl2N3O. The average Bonchev–Trinajstić information content (AvgIpc) is 2.64. The molecule has 0 spiro atoms. The number of aromatic nitrogens is 2. The van der Waals surface area contributed by atoms with Crippen LogP contribution in [0.3, 0.4) is 0 Å². The Hall–Kier alpha value is -1.98. The third kappa shape index (κ3) is 3.85. The zero-order valence-electron chi connectivity index (χ0n) is 14.6. The van der Waals surface area contributed by atoms with E-state index in [0.29, 0.717) is 15.7 Å². The summed E-state index contributed by atoms with van der Waals surface area (Å²) < 4.78 is 0. The van der Waals surface area contributed by atoms with Gasteiger partial charge >= 0.3 is 0 Å². The van der Waals surface area contributed by atoms with Gasteiger partial charge in [-0.15, -0.1) is 0 Å². The van der Waals surface area contributed by atoms with Crippen LogP contribution < -0.4 is 0 Å². The van der Waals surface area contributed by atoms with E-state index in [1.54, 1.807) is 18.5 Å². The Morgan fingerprint density at radius 1 is 1.00 bits per heavy atom. The first-order valence-electron chi connectivity index (χ1n) is 8.87. The van der Waals surface area contributed by atoms with Crippen molar-refractivity contribution in [1.82, 2.24) is 14.9 Å². The lowest BCUT2D eigenvalue weighted by molar-refractivity contribution is 0.0129. The number of benzene rings is 1. The van der Waals surface area contributed by atoms with Crippen molar-refractivity contribution in [2.45, 2.75) is 18.6 Å². The number of hydrogen-bond acceptors (Lipinski definition) is 4.